The summed E-state index contributed by atoms with van der Waals surface area (Å²) in [6.07, 6.45) is 0.807. The Morgan fingerprint density at radius 3 is 2.36 bits per heavy atom. The SMILES string of the molecule is CCC(C)(C)C(=O)NCc1ccccc1Oc1ccccc1. The molecule has 0 saturated carbocycles. The highest BCUT2D eigenvalue weighted by atomic mass is 16.5. The molecule has 0 bridgehead atoms. The summed E-state index contributed by atoms with van der Waals surface area (Å²) in [7, 11) is 0. The van der Waals surface area contributed by atoms with Crippen LogP contribution in [0.1, 0.15) is 32.8 Å². The Balaban J connectivity index is 2.07. The molecule has 0 aliphatic carbocycles. The van der Waals surface area contributed by atoms with E-state index in [-0.39, 0.29) is 11.3 Å². The summed E-state index contributed by atoms with van der Waals surface area (Å²) in [6, 6.07) is 17.4. The lowest BCUT2D eigenvalue weighted by atomic mass is 9.89. The first-order valence-electron chi connectivity index (χ1n) is 7.62. The van der Waals surface area contributed by atoms with Gasteiger partial charge in [0.15, 0.2) is 0 Å². The van der Waals surface area contributed by atoms with Gasteiger partial charge in [-0.05, 0) is 24.6 Å². The lowest BCUT2D eigenvalue weighted by Crippen LogP contribution is -2.36. The molecule has 22 heavy (non-hydrogen) atoms. The number of carbonyl (C=O) groups is 1. The van der Waals surface area contributed by atoms with Crippen molar-refractivity contribution >= 4 is 5.91 Å². The zero-order valence-corrected chi connectivity index (χ0v) is 13.4. The van der Waals surface area contributed by atoms with Gasteiger partial charge < -0.3 is 10.1 Å². The molecular formula is C19H23NO2. The minimum absolute atomic E-state index is 0.0597. The van der Waals surface area contributed by atoms with Crippen molar-refractivity contribution in [1.82, 2.24) is 5.32 Å². The second kappa shape index (κ2) is 7.12. The van der Waals surface area contributed by atoms with E-state index in [0.29, 0.717) is 6.54 Å². The molecule has 2 rings (SSSR count). The molecule has 116 valence electrons. The van der Waals surface area contributed by atoms with E-state index in [1.807, 2.05) is 75.4 Å². The van der Waals surface area contributed by atoms with Crippen LogP contribution in [-0.2, 0) is 11.3 Å². The number of amides is 1. The van der Waals surface area contributed by atoms with E-state index in [2.05, 4.69) is 5.32 Å². The number of hydrogen-bond donors (Lipinski definition) is 1. The fourth-order valence-electron chi connectivity index (χ4n) is 1.94. The molecule has 0 aliphatic heterocycles. The van der Waals surface area contributed by atoms with Crippen molar-refractivity contribution in [3.8, 4) is 11.5 Å². The number of carbonyl (C=O) groups excluding carboxylic acids is 1. The highest BCUT2D eigenvalue weighted by molar-refractivity contribution is 5.81. The van der Waals surface area contributed by atoms with Crippen molar-refractivity contribution in [1.29, 1.82) is 0 Å². The summed E-state index contributed by atoms with van der Waals surface area (Å²) in [4.78, 5) is 12.2. The van der Waals surface area contributed by atoms with Crippen molar-refractivity contribution in [3.63, 3.8) is 0 Å². The lowest BCUT2D eigenvalue weighted by molar-refractivity contribution is -0.129. The number of nitrogens with one attached hydrogen (secondary N) is 1. The average molecular weight is 297 g/mol. The summed E-state index contributed by atoms with van der Waals surface area (Å²) in [5.74, 6) is 1.61. The fourth-order valence-corrected chi connectivity index (χ4v) is 1.94. The fraction of sp³-hybridized carbons (Fsp3) is 0.316. The van der Waals surface area contributed by atoms with Gasteiger partial charge >= 0.3 is 0 Å². The predicted molar refractivity (Wildman–Crippen MR) is 88.9 cm³/mol. The maximum Gasteiger partial charge on any atom is 0.225 e. The zero-order chi connectivity index (χ0) is 16.0. The smallest absolute Gasteiger partial charge is 0.225 e. The molecule has 0 aliphatic rings. The van der Waals surface area contributed by atoms with Crippen LogP contribution in [0.4, 0.5) is 0 Å². The largest absolute Gasteiger partial charge is 0.457 e. The van der Waals surface area contributed by atoms with Crippen LogP contribution in [0, 0.1) is 5.41 Å². The van der Waals surface area contributed by atoms with Crippen LogP contribution >= 0.6 is 0 Å². The molecule has 0 unspecified atom stereocenters. The van der Waals surface area contributed by atoms with Crippen molar-refractivity contribution < 1.29 is 9.53 Å². The highest BCUT2D eigenvalue weighted by Crippen LogP contribution is 2.25. The van der Waals surface area contributed by atoms with Crippen LogP contribution < -0.4 is 10.1 Å². The van der Waals surface area contributed by atoms with E-state index in [1.165, 1.54) is 0 Å². The normalized spacial score (nSPS) is 11.0. The number of para-hydroxylation sites is 2. The summed E-state index contributed by atoms with van der Waals surface area (Å²) in [6.45, 7) is 6.39. The second-order valence-corrected chi connectivity index (χ2v) is 5.94. The van der Waals surface area contributed by atoms with Gasteiger partial charge in [0.25, 0.3) is 0 Å². The summed E-state index contributed by atoms with van der Waals surface area (Å²) < 4.78 is 5.90. The standard InChI is InChI=1S/C19H23NO2/c1-4-19(2,3)18(21)20-14-15-10-8-9-13-17(15)22-16-11-6-5-7-12-16/h5-13H,4,14H2,1-3H3,(H,20,21). The number of benzene rings is 2. The number of ether oxygens (including phenoxy) is 1. The van der Waals surface area contributed by atoms with Crippen LogP contribution in [0.15, 0.2) is 54.6 Å². The van der Waals surface area contributed by atoms with Gasteiger partial charge in [0.1, 0.15) is 11.5 Å². The Bertz CT molecular complexity index is 620. The Labute approximate surface area is 132 Å². The van der Waals surface area contributed by atoms with Gasteiger partial charge in [-0.3, -0.25) is 4.79 Å². The van der Waals surface area contributed by atoms with E-state index in [4.69, 9.17) is 4.74 Å². The Morgan fingerprint density at radius 2 is 1.68 bits per heavy atom. The first-order chi connectivity index (χ1) is 10.5. The third-order valence-electron chi connectivity index (χ3n) is 3.88. The monoisotopic (exact) mass is 297 g/mol. The molecule has 2 aromatic rings. The van der Waals surface area contributed by atoms with Gasteiger partial charge in [-0.25, -0.2) is 0 Å². The van der Waals surface area contributed by atoms with Gasteiger partial charge in [-0.1, -0.05) is 57.2 Å². The maximum absolute atomic E-state index is 12.2. The summed E-state index contributed by atoms with van der Waals surface area (Å²) in [5.41, 5.74) is 0.612. The molecule has 0 radical (unpaired) electrons. The van der Waals surface area contributed by atoms with Gasteiger partial charge in [-0.2, -0.15) is 0 Å². The minimum atomic E-state index is -0.352. The molecule has 0 spiro atoms. The quantitative estimate of drug-likeness (QED) is 0.850. The first-order valence-corrected chi connectivity index (χ1v) is 7.62. The molecule has 0 atom stereocenters. The Morgan fingerprint density at radius 1 is 1.05 bits per heavy atom. The summed E-state index contributed by atoms with van der Waals surface area (Å²) >= 11 is 0. The minimum Gasteiger partial charge on any atom is -0.457 e. The summed E-state index contributed by atoms with van der Waals surface area (Å²) in [5, 5.41) is 3.00. The molecule has 0 fully saturated rings. The zero-order valence-electron chi connectivity index (χ0n) is 13.4. The van der Waals surface area contributed by atoms with Crippen LogP contribution in [0.5, 0.6) is 11.5 Å². The first kappa shape index (κ1) is 16.1. The molecule has 3 nitrogen and oxygen atoms in total. The third-order valence-corrected chi connectivity index (χ3v) is 3.88. The molecule has 3 heteroatoms. The van der Waals surface area contributed by atoms with Gasteiger partial charge in [0.05, 0.1) is 0 Å². The number of hydrogen-bond acceptors (Lipinski definition) is 2. The predicted octanol–water partition coefficient (Wildman–Crippen LogP) is 4.53. The molecule has 2 aromatic carbocycles. The van der Waals surface area contributed by atoms with Crippen LogP contribution in [0.25, 0.3) is 0 Å². The van der Waals surface area contributed by atoms with Crippen LogP contribution in [0.2, 0.25) is 0 Å². The molecular weight excluding hydrogens is 274 g/mol. The molecule has 0 heterocycles. The lowest BCUT2D eigenvalue weighted by Gasteiger charge is -2.22. The molecule has 1 N–H and O–H groups in total. The van der Waals surface area contributed by atoms with Crippen molar-refractivity contribution in [2.75, 3.05) is 0 Å². The van der Waals surface area contributed by atoms with E-state index in [1.54, 1.807) is 0 Å². The second-order valence-electron chi connectivity index (χ2n) is 5.94. The Kier molecular flexibility index (Phi) is 5.21. The van der Waals surface area contributed by atoms with Crippen molar-refractivity contribution in [2.24, 2.45) is 5.41 Å². The van der Waals surface area contributed by atoms with Gasteiger partial charge in [-0.15, -0.1) is 0 Å². The van der Waals surface area contributed by atoms with Gasteiger partial charge in [0.2, 0.25) is 5.91 Å². The van der Waals surface area contributed by atoms with E-state index >= 15 is 0 Å². The molecule has 1 amide bonds. The van der Waals surface area contributed by atoms with E-state index in [9.17, 15) is 4.79 Å². The average Bonchev–Trinajstić information content (AvgIpc) is 2.54. The maximum atomic E-state index is 12.2. The highest BCUT2D eigenvalue weighted by Gasteiger charge is 2.24. The van der Waals surface area contributed by atoms with E-state index in [0.717, 1.165) is 23.5 Å². The molecule has 0 aromatic heterocycles. The van der Waals surface area contributed by atoms with E-state index < -0.39 is 0 Å². The number of rotatable bonds is 6. The Hall–Kier alpha value is -2.29. The van der Waals surface area contributed by atoms with Crippen molar-refractivity contribution in [3.05, 3.63) is 60.2 Å². The van der Waals surface area contributed by atoms with Crippen LogP contribution in [0.3, 0.4) is 0 Å². The van der Waals surface area contributed by atoms with Crippen LogP contribution in [-0.4, -0.2) is 5.91 Å². The molecule has 0 saturated heterocycles. The third kappa shape index (κ3) is 4.10. The van der Waals surface area contributed by atoms with Gasteiger partial charge in [0, 0.05) is 17.5 Å². The topological polar surface area (TPSA) is 38.3 Å². The van der Waals surface area contributed by atoms with Crippen molar-refractivity contribution in [2.45, 2.75) is 33.7 Å².